The first-order valence-corrected chi connectivity index (χ1v) is 7.22. The smallest absolute Gasteiger partial charge is 0.135 e. The Kier molecular flexibility index (Phi) is 7.98. The number of carbonyl (C=O) groups excluding carboxylic acids is 1. The van der Waals surface area contributed by atoms with Crippen molar-refractivity contribution in [2.24, 2.45) is 0 Å². The van der Waals surface area contributed by atoms with Gasteiger partial charge in [-0.25, -0.2) is 0 Å². The van der Waals surface area contributed by atoms with Crippen molar-refractivity contribution >= 4 is 5.78 Å². The average molecular weight is 237 g/mol. The highest BCUT2D eigenvalue weighted by Gasteiger charge is 2.14. The summed E-state index contributed by atoms with van der Waals surface area (Å²) in [6.45, 7) is 5.37. The third kappa shape index (κ3) is 7.32. The molecule has 1 fully saturated rings. The fourth-order valence-corrected chi connectivity index (χ4v) is 2.21. The van der Waals surface area contributed by atoms with Crippen LogP contribution in [0.4, 0.5) is 0 Å². The van der Waals surface area contributed by atoms with Gasteiger partial charge >= 0.3 is 0 Å². The number of hydrogen-bond acceptors (Lipinski definition) is 2. The van der Waals surface area contributed by atoms with Crippen molar-refractivity contribution < 1.29 is 4.79 Å². The normalized spacial score (nSPS) is 18.1. The van der Waals surface area contributed by atoms with Crippen LogP contribution in [0.15, 0.2) is 12.2 Å². The number of ketones is 1. The molecular formula is C15H27NO. The zero-order valence-electron chi connectivity index (χ0n) is 11.3. The van der Waals surface area contributed by atoms with Crippen LogP contribution in [0.25, 0.3) is 0 Å². The Hall–Kier alpha value is -0.630. The molecule has 0 aromatic carbocycles. The van der Waals surface area contributed by atoms with Gasteiger partial charge in [0.1, 0.15) is 5.78 Å². The first kappa shape index (κ1) is 14.4. The molecule has 0 unspecified atom stereocenters. The highest BCUT2D eigenvalue weighted by atomic mass is 16.1. The zero-order valence-corrected chi connectivity index (χ0v) is 11.3. The minimum absolute atomic E-state index is 0.442. The molecule has 17 heavy (non-hydrogen) atoms. The molecule has 98 valence electrons. The van der Waals surface area contributed by atoms with Crippen molar-refractivity contribution in [1.82, 2.24) is 4.90 Å². The van der Waals surface area contributed by atoms with Gasteiger partial charge in [0.25, 0.3) is 0 Å². The fourth-order valence-electron chi connectivity index (χ4n) is 2.21. The lowest BCUT2D eigenvalue weighted by Gasteiger charge is -2.25. The number of unbranched alkanes of at least 4 members (excludes halogenated alkanes) is 4. The largest absolute Gasteiger partial charge is 0.302 e. The molecule has 0 N–H and O–H groups in total. The highest BCUT2D eigenvalue weighted by molar-refractivity contribution is 5.79. The molecule has 0 aliphatic carbocycles. The quantitative estimate of drug-likeness (QED) is 0.475. The standard InChI is InChI=1S/C15H27NO/c1-2-3-4-5-6-7-8-9-12-16-13-10-15(17)11-14-16/h6-7H,2-5,8-14H2,1H3/b7-6+. The highest BCUT2D eigenvalue weighted by Crippen LogP contribution is 2.07. The van der Waals surface area contributed by atoms with Gasteiger partial charge in [-0.05, 0) is 32.2 Å². The van der Waals surface area contributed by atoms with E-state index in [1.807, 2.05) is 0 Å². The van der Waals surface area contributed by atoms with E-state index in [1.54, 1.807) is 0 Å². The van der Waals surface area contributed by atoms with Gasteiger partial charge in [-0.15, -0.1) is 0 Å². The van der Waals surface area contributed by atoms with Crippen LogP contribution < -0.4 is 0 Å². The summed E-state index contributed by atoms with van der Waals surface area (Å²) in [4.78, 5) is 13.5. The van der Waals surface area contributed by atoms with Crippen LogP contribution in [0.1, 0.15) is 58.3 Å². The van der Waals surface area contributed by atoms with Crippen molar-refractivity contribution in [1.29, 1.82) is 0 Å². The van der Waals surface area contributed by atoms with E-state index in [0.717, 1.165) is 32.5 Å². The molecule has 0 radical (unpaired) electrons. The molecule has 0 spiro atoms. The first-order chi connectivity index (χ1) is 8.33. The Morgan fingerprint density at radius 3 is 2.35 bits per heavy atom. The van der Waals surface area contributed by atoms with Crippen LogP contribution in [0, 0.1) is 0 Å². The molecule has 0 atom stereocenters. The second-order valence-electron chi connectivity index (χ2n) is 4.99. The van der Waals surface area contributed by atoms with Crippen LogP contribution in [0.5, 0.6) is 0 Å². The maximum atomic E-state index is 11.1. The Bertz CT molecular complexity index is 225. The Morgan fingerprint density at radius 1 is 1.06 bits per heavy atom. The molecule has 1 rings (SSSR count). The van der Waals surface area contributed by atoms with Crippen molar-refractivity contribution in [2.45, 2.75) is 58.3 Å². The van der Waals surface area contributed by atoms with Crippen molar-refractivity contribution in [3.05, 3.63) is 12.2 Å². The van der Waals surface area contributed by atoms with E-state index in [4.69, 9.17) is 0 Å². The number of piperidine rings is 1. The minimum atomic E-state index is 0.442. The number of likely N-dealkylation sites (tertiary alicyclic amines) is 1. The second-order valence-corrected chi connectivity index (χ2v) is 4.99. The third-order valence-corrected chi connectivity index (χ3v) is 3.40. The van der Waals surface area contributed by atoms with Gasteiger partial charge in [-0.3, -0.25) is 4.79 Å². The van der Waals surface area contributed by atoms with Crippen LogP contribution in [0.2, 0.25) is 0 Å². The molecular weight excluding hydrogens is 210 g/mol. The van der Waals surface area contributed by atoms with Crippen LogP contribution in [-0.4, -0.2) is 30.3 Å². The molecule has 1 saturated heterocycles. The number of hydrogen-bond donors (Lipinski definition) is 0. The van der Waals surface area contributed by atoms with Crippen LogP contribution in [-0.2, 0) is 4.79 Å². The summed E-state index contributed by atoms with van der Waals surface area (Å²) < 4.78 is 0. The summed E-state index contributed by atoms with van der Waals surface area (Å²) in [7, 11) is 0. The average Bonchev–Trinajstić information content (AvgIpc) is 2.35. The number of allylic oxidation sites excluding steroid dienone is 2. The number of Topliss-reactive ketones (excluding diaryl/α,β-unsaturated/α-hetero) is 1. The molecule has 0 bridgehead atoms. The van der Waals surface area contributed by atoms with Gasteiger partial charge in [0.05, 0.1) is 0 Å². The van der Waals surface area contributed by atoms with Crippen molar-refractivity contribution in [2.75, 3.05) is 19.6 Å². The predicted molar refractivity (Wildman–Crippen MR) is 73.2 cm³/mol. The Labute approximate surface area is 106 Å². The molecule has 0 saturated carbocycles. The van der Waals surface area contributed by atoms with Gasteiger partial charge in [-0.1, -0.05) is 31.9 Å². The first-order valence-electron chi connectivity index (χ1n) is 7.22. The van der Waals surface area contributed by atoms with Gasteiger partial charge < -0.3 is 4.90 Å². The van der Waals surface area contributed by atoms with E-state index in [-0.39, 0.29) is 0 Å². The van der Waals surface area contributed by atoms with Gasteiger partial charge in [0.15, 0.2) is 0 Å². The van der Waals surface area contributed by atoms with E-state index >= 15 is 0 Å². The van der Waals surface area contributed by atoms with Crippen molar-refractivity contribution in [3.8, 4) is 0 Å². The van der Waals surface area contributed by atoms with Gasteiger partial charge in [0, 0.05) is 25.9 Å². The number of nitrogens with zero attached hydrogens (tertiary/aromatic N) is 1. The molecule has 0 amide bonds. The summed E-state index contributed by atoms with van der Waals surface area (Å²) >= 11 is 0. The SMILES string of the molecule is CCCCC/C=C/CCCN1CCC(=O)CC1. The molecule has 0 aromatic heterocycles. The lowest BCUT2D eigenvalue weighted by molar-refractivity contribution is -0.121. The summed E-state index contributed by atoms with van der Waals surface area (Å²) in [5.41, 5.74) is 0. The summed E-state index contributed by atoms with van der Waals surface area (Å²) in [5.74, 6) is 0.442. The zero-order chi connectivity index (χ0) is 12.3. The van der Waals surface area contributed by atoms with Gasteiger partial charge in [0.2, 0.25) is 0 Å². The molecule has 1 aliphatic rings. The molecule has 0 aromatic rings. The number of carbonyl (C=O) groups is 1. The van der Waals surface area contributed by atoms with Gasteiger partial charge in [-0.2, -0.15) is 0 Å². The van der Waals surface area contributed by atoms with E-state index < -0.39 is 0 Å². The van der Waals surface area contributed by atoms with E-state index in [1.165, 1.54) is 38.5 Å². The summed E-state index contributed by atoms with van der Waals surface area (Å²) in [6, 6.07) is 0. The topological polar surface area (TPSA) is 20.3 Å². The molecule has 2 heteroatoms. The lowest BCUT2D eigenvalue weighted by Crippen LogP contribution is -2.34. The minimum Gasteiger partial charge on any atom is -0.302 e. The van der Waals surface area contributed by atoms with E-state index in [0.29, 0.717) is 5.78 Å². The number of rotatable bonds is 8. The molecule has 1 aliphatic heterocycles. The van der Waals surface area contributed by atoms with E-state index in [2.05, 4.69) is 24.0 Å². The Morgan fingerprint density at radius 2 is 1.71 bits per heavy atom. The monoisotopic (exact) mass is 237 g/mol. The predicted octanol–water partition coefficient (Wildman–Crippen LogP) is 3.57. The lowest BCUT2D eigenvalue weighted by atomic mass is 10.1. The summed E-state index contributed by atoms with van der Waals surface area (Å²) in [5, 5.41) is 0. The molecule has 2 nitrogen and oxygen atoms in total. The fraction of sp³-hybridized carbons (Fsp3) is 0.800. The Balaban J connectivity index is 1.91. The van der Waals surface area contributed by atoms with E-state index in [9.17, 15) is 4.79 Å². The molecule has 1 heterocycles. The maximum Gasteiger partial charge on any atom is 0.135 e. The maximum absolute atomic E-state index is 11.1. The second kappa shape index (κ2) is 9.41. The van der Waals surface area contributed by atoms with Crippen molar-refractivity contribution in [3.63, 3.8) is 0 Å². The van der Waals surface area contributed by atoms with Crippen LogP contribution in [0.3, 0.4) is 0 Å². The van der Waals surface area contributed by atoms with Crippen LogP contribution >= 0.6 is 0 Å². The summed E-state index contributed by atoms with van der Waals surface area (Å²) in [6.07, 6.45) is 13.9. The third-order valence-electron chi connectivity index (χ3n) is 3.40.